The number of carbonyl (C=O) groups is 1. The van der Waals surface area contributed by atoms with Gasteiger partial charge >= 0.3 is 0 Å². The molecule has 3 rings (SSSR count). The molecule has 0 unspecified atom stereocenters. The van der Waals surface area contributed by atoms with Crippen LogP contribution >= 0.6 is 0 Å². The van der Waals surface area contributed by atoms with Gasteiger partial charge in [0.2, 0.25) is 5.75 Å². The number of hydrogen-bond donors (Lipinski definition) is 0. The Kier molecular flexibility index (Phi) is 5.90. The van der Waals surface area contributed by atoms with Gasteiger partial charge in [0.05, 0.1) is 33.0 Å². The third-order valence-electron chi connectivity index (χ3n) is 4.84. The van der Waals surface area contributed by atoms with Gasteiger partial charge in [-0.1, -0.05) is 0 Å². The Bertz CT molecular complexity index is 857. The molecule has 1 aliphatic rings. The molecule has 0 aliphatic carbocycles. The first-order valence-electron chi connectivity index (χ1n) is 8.95. The SMILES string of the molecule is COc1cc(C(=O)N2CCN(c3ccc(C#N)cc3)CC2)cc(OC)c1OC. The molecule has 0 bridgehead atoms. The predicted molar refractivity (Wildman–Crippen MR) is 105 cm³/mol. The average molecular weight is 381 g/mol. The number of nitrogens with zero attached hydrogens (tertiary/aromatic N) is 3. The Morgan fingerprint density at radius 3 is 1.96 bits per heavy atom. The van der Waals surface area contributed by atoms with Crippen molar-refractivity contribution in [1.82, 2.24) is 4.90 Å². The maximum Gasteiger partial charge on any atom is 0.254 e. The number of ether oxygens (including phenoxy) is 3. The summed E-state index contributed by atoms with van der Waals surface area (Å²) in [5.74, 6) is 1.31. The van der Waals surface area contributed by atoms with Gasteiger partial charge in [0.25, 0.3) is 5.91 Å². The Morgan fingerprint density at radius 1 is 0.929 bits per heavy atom. The lowest BCUT2D eigenvalue weighted by Crippen LogP contribution is -2.48. The van der Waals surface area contributed by atoms with Crippen molar-refractivity contribution in [2.75, 3.05) is 52.4 Å². The molecule has 2 aromatic carbocycles. The summed E-state index contributed by atoms with van der Waals surface area (Å²) >= 11 is 0. The Labute approximate surface area is 164 Å². The van der Waals surface area contributed by atoms with Crippen LogP contribution in [0.3, 0.4) is 0 Å². The van der Waals surface area contributed by atoms with Gasteiger partial charge in [-0.05, 0) is 36.4 Å². The van der Waals surface area contributed by atoms with Crippen LogP contribution in [-0.4, -0.2) is 58.3 Å². The van der Waals surface area contributed by atoms with E-state index in [1.165, 1.54) is 21.3 Å². The first-order chi connectivity index (χ1) is 13.6. The first kappa shape index (κ1) is 19.4. The smallest absolute Gasteiger partial charge is 0.254 e. The second-order valence-corrected chi connectivity index (χ2v) is 6.35. The van der Waals surface area contributed by atoms with Gasteiger partial charge < -0.3 is 24.0 Å². The lowest BCUT2D eigenvalue weighted by molar-refractivity contribution is 0.0746. The summed E-state index contributed by atoms with van der Waals surface area (Å²) in [6.45, 7) is 2.66. The molecule has 1 heterocycles. The number of benzene rings is 2. The van der Waals surface area contributed by atoms with Crippen molar-refractivity contribution >= 4 is 11.6 Å². The van der Waals surface area contributed by atoms with E-state index >= 15 is 0 Å². The topological polar surface area (TPSA) is 75.0 Å². The summed E-state index contributed by atoms with van der Waals surface area (Å²) in [7, 11) is 4.59. The third-order valence-corrected chi connectivity index (χ3v) is 4.84. The van der Waals surface area contributed by atoms with Crippen molar-refractivity contribution in [1.29, 1.82) is 5.26 Å². The molecule has 0 saturated carbocycles. The predicted octanol–water partition coefficient (Wildman–Crippen LogP) is 2.55. The van der Waals surface area contributed by atoms with Crippen LogP contribution in [0.2, 0.25) is 0 Å². The zero-order valence-corrected chi connectivity index (χ0v) is 16.3. The highest BCUT2D eigenvalue weighted by Crippen LogP contribution is 2.38. The summed E-state index contributed by atoms with van der Waals surface area (Å²) in [5.41, 5.74) is 2.19. The van der Waals surface area contributed by atoms with Crippen LogP contribution < -0.4 is 19.1 Å². The first-order valence-corrected chi connectivity index (χ1v) is 8.95. The number of anilines is 1. The summed E-state index contributed by atoms with van der Waals surface area (Å²) in [6, 6.07) is 13.0. The van der Waals surface area contributed by atoms with Gasteiger partial charge in [0.1, 0.15) is 0 Å². The van der Waals surface area contributed by atoms with E-state index in [0.29, 0.717) is 41.5 Å². The Hall–Kier alpha value is -3.40. The van der Waals surface area contributed by atoms with E-state index in [2.05, 4.69) is 11.0 Å². The molecule has 28 heavy (non-hydrogen) atoms. The van der Waals surface area contributed by atoms with Crippen LogP contribution in [0, 0.1) is 11.3 Å². The van der Waals surface area contributed by atoms with Gasteiger partial charge in [-0.3, -0.25) is 4.79 Å². The molecule has 1 fully saturated rings. The summed E-state index contributed by atoms with van der Waals surface area (Å²) in [6.07, 6.45) is 0. The highest BCUT2D eigenvalue weighted by atomic mass is 16.5. The Balaban J connectivity index is 1.72. The fourth-order valence-corrected chi connectivity index (χ4v) is 3.30. The number of piperazine rings is 1. The Morgan fingerprint density at radius 2 is 1.50 bits per heavy atom. The molecule has 0 radical (unpaired) electrons. The molecule has 1 amide bonds. The molecule has 1 saturated heterocycles. The van der Waals surface area contributed by atoms with Crippen molar-refractivity contribution in [2.24, 2.45) is 0 Å². The zero-order chi connectivity index (χ0) is 20.1. The second-order valence-electron chi connectivity index (χ2n) is 6.35. The summed E-state index contributed by atoms with van der Waals surface area (Å²) in [4.78, 5) is 17.0. The largest absolute Gasteiger partial charge is 0.493 e. The number of amides is 1. The minimum absolute atomic E-state index is 0.0706. The van der Waals surface area contributed by atoms with Gasteiger partial charge in [-0.25, -0.2) is 0 Å². The van der Waals surface area contributed by atoms with Gasteiger partial charge in [-0.2, -0.15) is 5.26 Å². The average Bonchev–Trinajstić information content (AvgIpc) is 2.77. The molecule has 1 aliphatic heterocycles. The van der Waals surface area contributed by atoms with E-state index in [9.17, 15) is 4.79 Å². The van der Waals surface area contributed by atoms with Crippen LogP contribution in [0.1, 0.15) is 15.9 Å². The molecular weight excluding hydrogens is 358 g/mol. The van der Waals surface area contributed by atoms with E-state index in [1.807, 2.05) is 29.2 Å². The molecule has 0 N–H and O–H groups in total. The van der Waals surface area contributed by atoms with Crippen molar-refractivity contribution in [3.05, 3.63) is 47.5 Å². The minimum atomic E-state index is -0.0706. The summed E-state index contributed by atoms with van der Waals surface area (Å²) < 4.78 is 16.0. The lowest BCUT2D eigenvalue weighted by atomic mass is 10.1. The van der Waals surface area contributed by atoms with Gasteiger partial charge in [0, 0.05) is 37.4 Å². The van der Waals surface area contributed by atoms with E-state index in [1.54, 1.807) is 12.1 Å². The normalized spacial score (nSPS) is 13.6. The highest BCUT2D eigenvalue weighted by molar-refractivity contribution is 5.95. The van der Waals surface area contributed by atoms with Crippen molar-refractivity contribution < 1.29 is 19.0 Å². The number of hydrogen-bond acceptors (Lipinski definition) is 6. The maximum absolute atomic E-state index is 13.0. The van der Waals surface area contributed by atoms with Crippen LogP contribution in [0.25, 0.3) is 0 Å². The standard InChI is InChI=1S/C21H23N3O4/c1-26-18-12-16(13-19(27-2)20(18)28-3)21(25)24-10-8-23(9-11-24)17-6-4-15(14-22)5-7-17/h4-7,12-13H,8-11H2,1-3H3. The fraction of sp³-hybridized carbons (Fsp3) is 0.333. The van der Waals surface area contributed by atoms with E-state index < -0.39 is 0 Å². The van der Waals surface area contributed by atoms with E-state index in [-0.39, 0.29) is 5.91 Å². The number of methoxy groups -OCH3 is 3. The van der Waals surface area contributed by atoms with E-state index in [0.717, 1.165) is 18.8 Å². The monoisotopic (exact) mass is 381 g/mol. The lowest BCUT2D eigenvalue weighted by Gasteiger charge is -2.36. The molecule has 0 aromatic heterocycles. The van der Waals surface area contributed by atoms with Gasteiger partial charge in [-0.15, -0.1) is 0 Å². The van der Waals surface area contributed by atoms with Crippen LogP contribution in [0.15, 0.2) is 36.4 Å². The molecule has 146 valence electrons. The van der Waals surface area contributed by atoms with Gasteiger partial charge in [0.15, 0.2) is 11.5 Å². The number of nitriles is 1. The third kappa shape index (κ3) is 3.81. The maximum atomic E-state index is 13.0. The zero-order valence-electron chi connectivity index (χ0n) is 16.3. The molecule has 2 aromatic rings. The fourth-order valence-electron chi connectivity index (χ4n) is 3.30. The van der Waals surface area contributed by atoms with Crippen molar-refractivity contribution in [3.63, 3.8) is 0 Å². The molecule has 0 atom stereocenters. The molecule has 0 spiro atoms. The molecule has 7 heteroatoms. The highest BCUT2D eigenvalue weighted by Gasteiger charge is 2.25. The van der Waals surface area contributed by atoms with E-state index in [4.69, 9.17) is 19.5 Å². The summed E-state index contributed by atoms with van der Waals surface area (Å²) in [5, 5.41) is 8.92. The van der Waals surface area contributed by atoms with Crippen LogP contribution in [-0.2, 0) is 0 Å². The quantitative estimate of drug-likeness (QED) is 0.792. The molecular formula is C21H23N3O4. The van der Waals surface area contributed by atoms with Crippen molar-refractivity contribution in [3.8, 4) is 23.3 Å². The number of carbonyl (C=O) groups excluding carboxylic acids is 1. The number of rotatable bonds is 5. The molecule has 7 nitrogen and oxygen atoms in total. The van der Waals surface area contributed by atoms with Crippen LogP contribution in [0.4, 0.5) is 5.69 Å². The minimum Gasteiger partial charge on any atom is -0.493 e. The van der Waals surface area contributed by atoms with Crippen molar-refractivity contribution in [2.45, 2.75) is 0 Å². The van der Waals surface area contributed by atoms with Crippen LogP contribution in [0.5, 0.6) is 17.2 Å². The second kappa shape index (κ2) is 8.53.